The predicted molar refractivity (Wildman–Crippen MR) is 91.9 cm³/mol. The highest BCUT2D eigenvalue weighted by atomic mass is 32.2. The van der Waals surface area contributed by atoms with Gasteiger partial charge < -0.3 is 19.8 Å². The molecule has 3 aliphatic rings. The normalized spacial score (nSPS) is 12.7. The standard InChI is InChI=1S/C15H16N6O4S/c1-2-3-20-6-17-13(16)12-14(20)19-15(18-12)26-11-5-10-9(24-7-25-10)4-8(11)21(22)23/h4-6,22-23H,2-3,7,16H2,1H3. The molecule has 1 aromatic carbocycles. The molecule has 0 unspecified atom stereocenters. The fourth-order valence-corrected chi connectivity index (χ4v) is 3.51. The van der Waals surface area contributed by atoms with Crippen LogP contribution in [0.4, 0.5) is 11.5 Å². The molecule has 0 atom stereocenters. The third kappa shape index (κ3) is 2.85. The molecule has 1 aromatic rings. The summed E-state index contributed by atoms with van der Waals surface area (Å²) in [4.78, 5) is 13.6. The molecule has 3 heterocycles. The highest BCUT2D eigenvalue weighted by molar-refractivity contribution is 7.99. The van der Waals surface area contributed by atoms with E-state index in [1.807, 2.05) is 4.57 Å². The number of aryl methyl sites for hydroxylation is 1. The summed E-state index contributed by atoms with van der Waals surface area (Å²) in [6, 6.07) is 3.12. The zero-order valence-corrected chi connectivity index (χ0v) is 14.6. The van der Waals surface area contributed by atoms with Crippen molar-refractivity contribution in [3.63, 3.8) is 0 Å². The molecule has 0 aromatic heterocycles. The monoisotopic (exact) mass is 376 g/mol. The van der Waals surface area contributed by atoms with E-state index in [-0.39, 0.29) is 17.7 Å². The molecule has 0 bridgehead atoms. The molecule has 0 aliphatic carbocycles. The van der Waals surface area contributed by atoms with Gasteiger partial charge in [0.1, 0.15) is 5.69 Å². The van der Waals surface area contributed by atoms with Gasteiger partial charge in [-0.15, -0.1) is 5.23 Å². The van der Waals surface area contributed by atoms with Crippen LogP contribution in [0, 0.1) is 0 Å². The summed E-state index contributed by atoms with van der Waals surface area (Å²) >= 11 is 1.15. The second kappa shape index (κ2) is 6.52. The lowest BCUT2D eigenvalue weighted by molar-refractivity contribution is 0.0276. The van der Waals surface area contributed by atoms with E-state index in [9.17, 15) is 10.4 Å². The van der Waals surface area contributed by atoms with Gasteiger partial charge in [0, 0.05) is 23.6 Å². The Bertz CT molecular complexity index is 931. The van der Waals surface area contributed by atoms with Crippen LogP contribution >= 0.6 is 11.8 Å². The Morgan fingerprint density at radius 3 is 2.77 bits per heavy atom. The molecule has 0 amide bonds. The van der Waals surface area contributed by atoms with Crippen LogP contribution in [0.3, 0.4) is 0 Å². The predicted octanol–water partition coefficient (Wildman–Crippen LogP) is 2.23. The average Bonchev–Trinajstić information content (AvgIpc) is 3.23. The first-order valence-corrected chi connectivity index (χ1v) is 8.66. The van der Waals surface area contributed by atoms with Gasteiger partial charge in [0.2, 0.25) is 6.79 Å². The fraction of sp³-hybridized carbons (Fsp3) is 0.267. The summed E-state index contributed by atoms with van der Waals surface area (Å²) in [6.07, 6.45) is 2.55. The van der Waals surface area contributed by atoms with Crippen LogP contribution in [0.2, 0.25) is 0 Å². The molecule has 0 radical (unpaired) electrons. The van der Waals surface area contributed by atoms with Crippen molar-refractivity contribution < 1.29 is 19.9 Å². The molecule has 3 aliphatic heterocycles. The summed E-state index contributed by atoms with van der Waals surface area (Å²) in [5.41, 5.74) is 6.55. The number of hydrogen-bond donors (Lipinski definition) is 3. The number of imidazole rings is 1. The van der Waals surface area contributed by atoms with Crippen LogP contribution in [-0.4, -0.2) is 36.7 Å². The van der Waals surface area contributed by atoms with Crippen LogP contribution in [0.1, 0.15) is 13.3 Å². The lowest BCUT2D eigenvalue weighted by Gasteiger charge is -2.13. The molecule has 4 rings (SSSR count). The van der Waals surface area contributed by atoms with Crippen LogP contribution in [-0.2, 0) is 6.54 Å². The third-order valence-corrected chi connectivity index (χ3v) is 4.72. The highest BCUT2D eigenvalue weighted by Crippen LogP contribution is 2.44. The molecule has 0 saturated carbocycles. The maximum Gasteiger partial charge on any atom is 0.231 e. The van der Waals surface area contributed by atoms with E-state index >= 15 is 0 Å². The Morgan fingerprint density at radius 1 is 1.27 bits per heavy atom. The number of rotatable bonds is 5. The maximum absolute atomic E-state index is 9.52. The zero-order valence-electron chi connectivity index (χ0n) is 13.8. The van der Waals surface area contributed by atoms with Gasteiger partial charge in [-0.3, -0.25) is 10.4 Å². The molecule has 0 spiro atoms. The van der Waals surface area contributed by atoms with Crippen LogP contribution in [0.25, 0.3) is 11.5 Å². The second-order valence-electron chi connectivity index (χ2n) is 5.57. The van der Waals surface area contributed by atoms with Crippen molar-refractivity contribution >= 4 is 23.3 Å². The van der Waals surface area contributed by atoms with Gasteiger partial charge in [-0.05, 0) is 18.2 Å². The molecular weight excluding hydrogens is 360 g/mol. The van der Waals surface area contributed by atoms with E-state index in [0.29, 0.717) is 38.9 Å². The smallest absolute Gasteiger partial charge is 0.231 e. The number of fused-ring (bicyclic) bond motifs is 2. The molecule has 26 heavy (non-hydrogen) atoms. The molecular formula is C15H16N6O4S. The van der Waals surface area contributed by atoms with Gasteiger partial charge in [-0.1, -0.05) is 6.92 Å². The number of ether oxygens (including phenoxy) is 2. The Kier molecular flexibility index (Phi) is 4.18. The number of hydrogen-bond acceptors (Lipinski definition) is 10. The van der Waals surface area contributed by atoms with Crippen molar-refractivity contribution in [1.29, 1.82) is 0 Å². The first kappa shape index (κ1) is 16.7. The van der Waals surface area contributed by atoms with Gasteiger partial charge >= 0.3 is 0 Å². The van der Waals surface area contributed by atoms with E-state index in [1.54, 1.807) is 12.4 Å². The molecule has 11 heteroatoms. The quantitative estimate of drug-likeness (QED) is 0.569. The lowest BCUT2D eigenvalue weighted by Crippen LogP contribution is -2.12. The highest BCUT2D eigenvalue weighted by Gasteiger charge is 2.23. The summed E-state index contributed by atoms with van der Waals surface area (Å²) in [6.45, 7) is 2.87. The summed E-state index contributed by atoms with van der Waals surface area (Å²) in [7, 11) is 0. The first-order chi connectivity index (χ1) is 12.6. The number of nitrogen functional groups attached to an aromatic ring is 1. The van der Waals surface area contributed by atoms with E-state index in [0.717, 1.165) is 24.7 Å². The summed E-state index contributed by atoms with van der Waals surface area (Å²) < 4.78 is 12.5. The largest absolute Gasteiger partial charge is 0.454 e. The Morgan fingerprint density at radius 2 is 2.04 bits per heavy atom. The van der Waals surface area contributed by atoms with Crippen molar-refractivity contribution in [2.45, 2.75) is 29.9 Å². The van der Waals surface area contributed by atoms with E-state index in [2.05, 4.69) is 21.9 Å². The summed E-state index contributed by atoms with van der Waals surface area (Å²) in [5.74, 6) is 1.87. The van der Waals surface area contributed by atoms with Crippen LogP contribution in [0.5, 0.6) is 11.5 Å². The van der Waals surface area contributed by atoms with E-state index in [4.69, 9.17) is 15.2 Å². The minimum Gasteiger partial charge on any atom is -0.454 e. The molecule has 136 valence electrons. The SMILES string of the molecule is CCCn1cnc(N)c2nc(Sc3cc4c(cc3N(O)O)OCO4)nc1-2. The van der Waals surface area contributed by atoms with Crippen molar-refractivity contribution in [2.75, 3.05) is 17.8 Å². The van der Waals surface area contributed by atoms with Crippen LogP contribution in [0.15, 0.2) is 28.5 Å². The maximum atomic E-state index is 9.52. The third-order valence-electron chi connectivity index (χ3n) is 3.81. The average molecular weight is 376 g/mol. The number of nitrogens with zero attached hydrogens (tertiary/aromatic N) is 5. The summed E-state index contributed by atoms with van der Waals surface area (Å²) in [5, 5.41) is 19.5. The Balaban J connectivity index is 1.75. The van der Waals surface area contributed by atoms with Gasteiger partial charge in [0.25, 0.3) is 0 Å². The molecule has 10 nitrogen and oxygen atoms in total. The van der Waals surface area contributed by atoms with Crippen LogP contribution < -0.4 is 20.4 Å². The number of anilines is 2. The lowest BCUT2D eigenvalue weighted by atomic mass is 10.3. The first-order valence-electron chi connectivity index (χ1n) is 7.84. The van der Waals surface area contributed by atoms with Crippen molar-refractivity contribution in [2.24, 2.45) is 0 Å². The van der Waals surface area contributed by atoms with Gasteiger partial charge in [-0.25, -0.2) is 15.0 Å². The molecule has 0 fully saturated rings. The minimum atomic E-state index is 0.0279. The van der Waals surface area contributed by atoms with Crippen molar-refractivity contribution in [3.05, 3.63) is 18.5 Å². The number of aromatic nitrogens is 4. The second-order valence-corrected chi connectivity index (χ2v) is 6.58. The fourth-order valence-electron chi connectivity index (χ4n) is 2.63. The van der Waals surface area contributed by atoms with Gasteiger partial charge in [0.15, 0.2) is 34.0 Å². The number of benzene rings is 1. The Hall–Kier alpha value is -2.76. The van der Waals surface area contributed by atoms with Crippen molar-refractivity contribution in [3.8, 4) is 23.0 Å². The van der Waals surface area contributed by atoms with E-state index in [1.165, 1.54) is 6.07 Å². The molecule has 4 N–H and O–H groups in total. The Labute approximate surface area is 152 Å². The van der Waals surface area contributed by atoms with Gasteiger partial charge in [-0.2, -0.15) is 0 Å². The topological polar surface area (TPSA) is 132 Å². The minimum absolute atomic E-state index is 0.0279. The number of nitrogens with two attached hydrogens (primary N) is 1. The zero-order chi connectivity index (χ0) is 18.3. The molecule has 0 saturated heterocycles. The van der Waals surface area contributed by atoms with Crippen molar-refractivity contribution in [1.82, 2.24) is 19.5 Å². The van der Waals surface area contributed by atoms with Gasteiger partial charge in [0.05, 0.1) is 6.33 Å². The van der Waals surface area contributed by atoms with E-state index < -0.39 is 0 Å².